The first-order valence-corrected chi connectivity index (χ1v) is 10.4. The van der Waals surface area contributed by atoms with Crippen molar-refractivity contribution in [3.8, 4) is 0 Å². The summed E-state index contributed by atoms with van der Waals surface area (Å²) in [4.78, 5) is 27.4. The zero-order chi connectivity index (χ0) is 21.9. The van der Waals surface area contributed by atoms with Gasteiger partial charge in [0.1, 0.15) is 17.8 Å². The predicted molar refractivity (Wildman–Crippen MR) is 113 cm³/mol. The summed E-state index contributed by atoms with van der Waals surface area (Å²) in [5, 5.41) is 2.85. The van der Waals surface area contributed by atoms with Gasteiger partial charge in [0.05, 0.1) is 18.7 Å². The average Bonchev–Trinajstić information content (AvgIpc) is 2.70. The average molecular weight is 417 g/mol. The summed E-state index contributed by atoms with van der Waals surface area (Å²) in [5.41, 5.74) is 1.73. The third kappa shape index (κ3) is 5.02. The molecule has 0 saturated carbocycles. The van der Waals surface area contributed by atoms with Crippen LogP contribution in [0.4, 0.5) is 4.79 Å². The zero-order valence-corrected chi connectivity index (χ0v) is 18.2. The maximum absolute atomic E-state index is 13.4. The number of nitrogens with one attached hydrogen (secondary N) is 1. The minimum Gasteiger partial charge on any atom is -0.444 e. The van der Waals surface area contributed by atoms with E-state index in [1.165, 1.54) is 5.56 Å². The summed E-state index contributed by atoms with van der Waals surface area (Å²) in [6, 6.07) is 7.55. The first-order valence-electron chi connectivity index (χ1n) is 10.4. The SMILES string of the molecule is C=C[C@H]1c2ccccc2CCN1C(=O)[C@H]1C[C@@H](NC(=O)OC(C)(C)C)[C@H](OC)CO1. The standard InChI is InChI=1S/C23H32N2O5/c1-6-18-16-10-8-7-9-15(16)11-12-25(18)21(26)19-13-17(20(28-5)14-29-19)24-22(27)30-23(2,3)4/h6-10,17-20H,1,11-14H2,2-5H3,(H,24,27)/t17-,18+,19-,20-/m1/s1. The molecule has 0 unspecified atom stereocenters. The summed E-state index contributed by atoms with van der Waals surface area (Å²) >= 11 is 0. The fourth-order valence-electron chi connectivity index (χ4n) is 4.08. The van der Waals surface area contributed by atoms with E-state index in [1.807, 2.05) is 23.1 Å². The second-order valence-electron chi connectivity index (χ2n) is 8.75. The molecule has 7 nitrogen and oxygen atoms in total. The Morgan fingerprint density at radius 2 is 2.03 bits per heavy atom. The Hall–Kier alpha value is -2.38. The lowest BCUT2D eigenvalue weighted by atomic mass is 9.91. The highest BCUT2D eigenvalue weighted by atomic mass is 16.6. The minimum atomic E-state index is -0.663. The molecular weight excluding hydrogens is 384 g/mol. The minimum absolute atomic E-state index is 0.0973. The van der Waals surface area contributed by atoms with Gasteiger partial charge in [0, 0.05) is 20.1 Å². The van der Waals surface area contributed by atoms with Gasteiger partial charge in [-0.1, -0.05) is 30.3 Å². The third-order valence-corrected chi connectivity index (χ3v) is 5.50. The van der Waals surface area contributed by atoms with E-state index >= 15 is 0 Å². The van der Waals surface area contributed by atoms with Crippen LogP contribution < -0.4 is 5.32 Å². The van der Waals surface area contributed by atoms with Gasteiger partial charge in [-0.2, -0.15) is 0 Å². The summed E-state index contributed by atoms with van der Waals surface area (Å²) in [7, 11) is 1.56. The Morgan fingerprint density at radius 3 is 2.70 bits per heavy atom. The molecule has 0 aromatic heterocycles. The number of methoxy groups -OCH3 is 1. The quantitative estimate of drug-likeness (QED) is 0.764. The van der Waals surface area contributed by atoms with Crippen molar-refractivity contribution in [2.45, 2.75) is 63.5 Å². The van der Waals surface area contributed by atoms with Gasteiger partial charge in [-0.05, 0) is 38.3 Å². The molecule has 1 saturated heterocycles. The number of benzene rings is 1. The van der Waals surface area contributed by atoms with Gasteiger partial charge in [-0.3, -0.25) is 4.79 Å². The number of alkyl carbamates (subject to hydrolysis) is 1. The monoisotopic (exact) mass is 416 g/mol. The van der Waals surface area contributed by atoms with Crippen LogP contribution in [0.25, 0.3) is 0 Å². The molecule has 1 aromatic rings. The molecule has 3 rings (SSSR count). The van der Waals surface area contributed by atoms with Crippen LogP contribution in [0.3, 0.4) is 0 Å². The zero-order valence-electron chi connectivity index (χ0n) is 18.2. The van der Waals surface area contributed by atoms with Gasteiger partial charge in [-0.25, -0.2) is 4.79 Å². The van der Waals surface area contributed by atoms with Crippen LogP contribution in [-0.4, -0.2) is 61.0 Å². The summed E-state index contributed by atoms with van der Waals surface area (Å²) in [6.45, 7) is 10.2. The largest absolute Gasteiger partial charge is 0.444 e. The van der Waals surface area contributed by atoms with Gasteiger partial charge in [0.15, 0.2) is 0 Å². The maximum atomic E-state index is 13.4. The molecule has 1 N–H and O–H groups in total. The summed E-state index contributed by atoms with van der Waals surface area (Å²) < 4.78 is 16.7. The van der Waals surface area contributed by atoms with Crippen LogP contribution in [0, 0.1) is 0 Å². The normalized spacial score (nSPS) is 26.5. The van der Waals surface area contributed by atoms with E-state index in [0.717, 1.165) is 12.0 Å². The number of nitrogens with zero attached hydrogens (tertiary/aromatic N) is 1. The van der Waals surface area contributed by atoms with Crippen molar-refractivity contribution in [3.63, 3.8) is 0 Å². The van der Waals surface area contributed by atoms with Gasteiger partial charge >= 0.3 is 6.09 Å². The Balaban J connectivity index is 1.71. The Morgan fingerprint density at radius 1 is 1.30 bits per heavy atom. The molecule has 2 heterocycles. The number of carbonyl (C=O) groups excluding carboxylic acids is 2. The number of amides is 2. The van der Waals surface area contributed by atoms with Crippen LogP contribution in [0.2, 0.25) is 0 Å². The molecule has 4 atom stereocenters. The molecule has 0 radical (unpaired) electrons. The molecule has 2 amide bonds. The van der Waals surface area contributed by atoms with Crippen molar-refractivity contribution in [2.24, 2.45) is 0 Å². The lowest BCUT2D eigenvalue weighted by molar-refractivity contribution is -0.157. The number of hydrogen-bond donors (Lipinski definition) is 1. The topological polar surface area (TPSA) is 77.1 Å². The molecule has 30 heavy (non-hydrogen) atoms. The predicted octanol–water partition coefficient (Wildman–Crippen LogP) is 3.00. The molecule has 2 aliphatic heterocycles. The summed E-state index contributed by atoms with van der Waals surface area (Å²) in [5.74, 6) is -0.0973. The van der Waals surface area contributed by atoms with Crippen molar-refractivity contribution >= 4 is 12.0 Å². The van der Waals surface area contributed by atoms with Gasteiger partial charge in [0.2, 0.25) is 0 Å². The van der Waals surface area contributed by atoms with Gasteiger partial charge in [-0.15, -0.1) is 6.58 Å². The highest BCUT2D eigenvalue weighted by Gasteiger charge is 2.40. The van der Waals surface area contributed by atoms with Crippen molar-refractivity contribution < 1.29 is 23.8 Å². The van der Waals surface area contributed by atoms with Crippen molar-refractivity contribution in [3.05, 3.63) is 48.0 Å². The second-order valence-corrected chi connectivity index (χ2v) is 8.75. The van der Waals surface area contributed by atoms with Gasteiger partial charge in [0.25, 0.3) is 5.91 Å². The molecule has 2 aliphatic rings. The number of fused-ring (bicyclic) bond motifs is 1. The van der Waals surface area contributed by atoms with E-state index in [0.29, 0.717) is 13.0 Å². The van der Waals surface area contributed by atoms with Crippen molar-refractivity contribution in [2.75, 3.05) is 20.3 Å². The number of ether oxygens (including phenoxy) is 3. The smallest absolute Gasteiger partial charge is 0.407 e. The van der Waals surface area contributed by atoms with Crippen LogP contribution in [0.15, 0.2) is 36.9 Å². The van der Waals surface area contributed by atoms with E-state index in [-0.39, 0.29) is 30.7 Å². The summed E-state index contributed by atoms with van der Waals surface area (Å²) in [6.07, 6.45) is 1.37. The first-order chi connectivity index (χ1) is 14.2. The molecule has 164 valence electrons. The molecule has 0 bridgehead atoms. The van der Waals surface area contributed by atoms with E-state index in [9.17, 15) is 9.59 Å². The Kier molecular flexibility index (Phi) is 6.83. The fraction of sp³-hybridized carbons (Fsp3) is 0.565. The molecule has 1 aromatic carbocycles. The molecule has 1 fully saturated rings. The first kappa shape index (κ1) is 22.3. The molecule has 7 heteroatoms. The number of carbonyl (C=O) groups is 2. The lowest BCUT2D eigenvalue weighted by Gasteiger charge is -2.41. The third-order valence-electron chi connectivity index (χ3n) is 5.50. The number of rotatable bonds is 4. The maximum Gasteiger partial charge on any atom is 0.407 e. The van der Waals surface area contributed by atoms with Crippen molar-refractivity contribution in [1.29, 1.82) is 0 Å². The van der Waals surface area contributed by atoms with Crippen molar-refractivity contribution in [1.82, 2.24) is 10.2 Å². The highest BCUT2D eigenvalue weighted by Crippen LogP contribution is 2.32. The van der Waals surface area contributed by atoms with Crippen LogP contribution in [0.5, 0.6) is 0 Å². The Bertz CT molecular complexity index is 788. The van der Waals surface area contributed by atoms with Crippen LogP contribution in [-0.2, 0) is 25.4 Å². The Labute approximate surface area is 178 Å². The lowest BCUT2D eigenvalue weighted by Crippen LogP contribution is -2.56. The van der Waals surface area contributed by atoms with Crippen LogP contribution in [0.1, 0.15) is 44.4 Å². The van der Waals surface area contributed by atoms with E-state index in [2.05, 4.69) is 18.0 Å². The van der Waals surface area contributed by atoms with Gasteiger partial charge < -0.3 is 24.4 Å². The molecular formula is C23H32N2O5. The number of hydrogen-bond acceptors (Lipinski definition) is 5. The van der Waals surface area contributed by atoms with E-state index < -0.39 is 17.8 Å². The van der Waals surface area contributed by atoms with Crippen LogP contribution >= 0.6 is 0 Å². The second kappa shape index (κ2) is 9.18. The molecule has 0 spiro atoms. The van der Waals surface area contributed by atoms with E-state index in [1.54, 1.807) is 34.0 Å². The molecule has 0 aliphatic carbocycles. The fourth-order valence-corrected chi connectivity index (χ4v) is 4.08. The van der Waals surface area contributed by atoms with E-state index in [4.69, 9.17) is 14.2 Å². The highest BCUT2D eigenvalue weighted by molar-refractivity contribution is 5.82.